The summed E-state index contributed by atoms with van der Waals surface area (Å²) in [6.07, 6.45) is -2.72. The van der Waals surface area contributed by atoms with Crippen LogP contribution in [0.2, 0.25) is 0 Å². The van der Waals surface area contributed by atoms with Gasteiger partial charge in [0.05, 0.1) is 12.2 Å². The minimum atomic E-state index is -4.76. The van der Waals surface area contributed by atoms with Crippen LogP contribution >= 0.6 is 0 Å². The lowest BCUT2D eigenvalue weighted by Crippen LogP contribution is -2.41. The number of fused-ring (bicyclic) bond motifs is 1. The van der Waals surface area contributed by atoms with E-state index in [2.05, 4.69) is 9.72 Å². The second-order valence-corrected chi connectivity index (χ2v) is 8.04. The fourth-order valence-electron chi connectivity index (χ4n) is 3.83. The van der Waals surface area contributed by atoms with Crippen LogP contribution in [0.4, 0.5) is 22.0 Å². The van der Waals surface area contributed by atoms with Gasteiger partial charge in [0.2, 0.25) is 5.91 Å². The Morgan fingerprint density at radius 2 is 1.82 bits per heavy atom. The van der Waals surface area contributed by atoms with E-state index in [1.165, 1.54) is 30.3 Å². The molecule has 0 bridgehead atoms. The molecule has 2 N–H and O–H groups in total. The van der Waals surface area contributed by atoms with Crippen LogP contribution in [0.1, 0.15) is 17.8 Å². The van der Waals surface area contributed by atoms with Crippen molar-refractivity contribution >= 4 is 5.91 Å². The Kier molecular flexibility index (Phi) is 6.56. The molecule has 11 heteroatoms. The van der Waals surface area contributed by atoms with Crippen molar-refractivity contribution in [3.63, 3.8) is 0 Å². The van der Waals surface area contributed by atoms with Gasteiger partial charge in [0.15, 0.2) is 11.6 Å². The third kappa shape index (κ3) is 5.71. The average Bonchev–Trinajstić information content (AvgIpc) is 3.19. The highest BCUT2D eigenvalue weighted by Crippen LogP contribution is 2.27. The van der Waals surface area contributed by atoms with Crippen molar-refractivity contribution in [1.82, 2.24) is 14.5 Å². The van der Waals surface area contributed by atoms with Crippen molar-refractivity contribution in [3.8, 4) is 17.0 Å². The minimum Gasteiger partial charge on any atom is -0.406 e. The largest absolute Gasteiger partial charge is 0.573 e. The Hall–Kier alpha value is -3.47. The normalized spacial score (nSPS) is 14.6. The van der Waals surface area contributed by atoms with E-state index in [-0.39, 0.29) is 31.0 Å². The molecular formula is C23H21F5N4O2. The van der Waals surface area contributed by atoms with Gasteiger partial charge in [-0.1, -0.05) is 6.07 Å². The molecule has 0 spiro atoms. The first kappa shape index (κ1) is 23.7. The number of amides is 1. The number of hydrogen-bond acceptors (Lipinski definition) is 4. The van der Waals surface area contributed by atoms with Gasteiger partial charge in [-0.25, -0.2) is 13.8 Å². The Morgan fingerprint density at radius 3 is 2.50 bits per heavy atom. The van der Waals surface area contributed by atoms with Gasteiger partial charge in [0.1, 0.15) is 11.6 Å². The SMILES string of the molecule is NC(CC(=O)N1CCn2cc(-c3ccc(OC(F)(F)F)cc3)nc2C1)Cc1ccc(F)c(F)c1. The van der Waals surface area contributed by atoms with Crippen LogP contribution in [0.5, 0.6) is 5.75 Å². The van der Waals surface area contributed by atoms with Crippen molar-refractivity contribution in [2.45, 2.75) is 38.3 Å². The molecule has 1 atom stereocenters. The summed E-state index contributed by atoms with van der Waals surface area (Å²) in [4.78, 5) is 18.9. The molecule has 1 aliphatic rings. The molecule has 6 nitrogen and oxygen atoms in total. The van der Waals surface area contributed by atoms with Gasteiger partial charge >= 0.3 is 6.36 Å². The summed E-state index contributed by atoms with van der Waals surface area (Å²) in [5.41, 5.74) is 7.75. The average molecular weight is 480 g/mol. The number of alkyl halides is 3. The smallest absolute Gasteiger partial charge is 0.406 e. The highest BCUT2D eigenvalue weighted by Gasteiger charge is 2.31. The molecule has 0 saturated carbocycles. The highest BCUT2D eigenvalue weighted by atomic mass is 19.4. The molecule has 180 valence electrons. The third-order valence-electron chi connectivity index (χ3n) is 5.46. The Morgan fingerprint density at radius 1 is 1.09 bits per heavy atom. The molecular weight excluding hydrogens is 459 g/mol. The second kappa shape index (κ2) is 9.41. The molecule has 2 heterocycles. The van der Waals surface area contributed by atoms with Crippen LogP contribution in [0.25, 0.3) is 11.3 Å². The van der Waals surface area contributed by atoms with Gasteiger partial charge < -0.3 is 19.9 Å². The highest BCUT2D eigenvalue weighted by molar-refractivity contribution is 5.77. The summed E-state index contributed by atoms with van der Waals surface area (Å²) in [6, 6.07) is 8.36. The van der Waals surface area contributed by atoms with Gasteiger partial charge in [-0.3, -0.25) is 4.79 Å². The number of nitrogens with zero attached hydrogens (tertiary/aromatic N) is 3. The fraction of sp³-hybridized carbons (Fsp3) is 0.304. The van der Waals surface area contributed by atoms with Crippen LogP contribution in [0.3, 0.4) is 0 Å². The Labute approximate surface area is 191 Å². The van der Waals surface area contributed by atoms with E-state index in [4.69, 9.17) is 5.73 Å². The van der Waals surface area contributed by atoms with Gasteiger partial charge in [-0.2, -0.15) is 0 Å². The quantitative estimate of drug-likeness (QED) is 0.541. The maximum atomic E-state index is 13.4. The molecule has 3 aromatic rings. The number of benzene rings is 2. The van der Waals surface area contributed by atoms with E-state index in [9.17, 15) is 26.7 Å². The number of aromatic nitrogens is 2. The maximum absolute atomic E-state index is 13.4. The standard InChI is InChI=1S/C23H21F5N4O2/c24-18-6-1-14(10-19(18)25)9-16(29)11-22(33)32-8-7-31-12-20(30-21(31)13-32)15-2-4-17(5-3-15)34-23(26,27)28/h1-6,10,12,16H,7-9,11,13,29H2. The van der Waals surface area contributed by atoms with Crippen molar-refractivity contribution in [3.05, 3.63) is 71.7 Å². The zero-order valence-corrected chi connectivity index (χ0v) is 17.9. The van der Waals surface area contributed by atoms with Gasteiger partial charge in [-0.05, 0) is 48.4 Å². The van der Waals surface area contributed by atoms with E-state index in [0.29, 0.717) is 35.7 Å². The van der Waals surface area contributed by atoms with Crippen LogP contribution in [0.15, 0.2) is 48.7 Å². The summed E-state index contributed by atoms with van der Waals surface area (Å²) < 4.78 is 69.2. The van der Waals surface area contributed by atoms with Crippen molar-refractivity contribution < 1.29 is 31.5 Å². The summed E-state index contributed by atoms with van der Waals surface area (Å²) in [5, 5.41) is 0. The van der Waals surface area contributed by atoms with Crippen molar-refractivity contribution in [1.29, 1.82) is 0 Å². The van der Waals surface area contributed by atoms with Crippen LogP contribution < -0.4 is 10.5 Å². The number of ether oxygens (including phenoxy) is 1. The zero-order chi connectivity index (χ0) is 24.5. The number of carbonyl (C=O) groups is 1. The van der Waals surface area contributed by atoms with E-state index < -0.39 is 24.0 Å². The predicted octanol–water partition coefficient (Wildman–Crippen LogP) is 4.03. The first-order valence-corrected chi connectivity index (χ1v) is 10.5. The van der Waals surface area contributed by atoms with E-state index in [0.717, 1.165) is 12.1 Å². The van der Waals surface area contributed by atoms with Gasteiger partial charge in [-0.15, -0.1) is 13.2 Å². The van der Waals surface area contributed by atoms with Crippen molar-refractivity contribution in [2.75, 3.05) is 6.54 Å². The fourth-order valence-corrected chi connectivity index (χ4v) is 3.83. The molecule has 1 aliphatic heterocycles. The number of halogens is 5. The molecule has 0 radical (unpaired) electrons. The molecule has 1 aromatic heterocycles. The van der Waals surface area contributed by atoms with Gasteiger partial charge in [0.25, 0.3) is 0 Å². The van der Waals surface area contributed by atoms with Crippen molar-refractivity contribution in [2.24, 2.45) is 5.73 Å². The molecule has 34 heavy (non-hydrogen) atoms. The summed E-state index contributed by atoms with van der Waals surface area (Å²) >= 11 is 0. The summed E-state index contributed by atoms with van der Waals surface area (Å²) in [5.74, 6) is -1.77. The number of nitrogens with two attached hydrogens (primary N) is 1. The molecule has 1 amide bonds. The third-order valence-corrected chi connectivity index (χ3v) is 5.46. The number of carbonyl (C=O) groups excluding carboxylic acids is 1. The monoisotopic (exact) mass is 480 g/mol. The minimum absolute atomic E-state index is 0.0349. The Bertz CT molecular complexity index is 1180. The second-order valence-electron chi connectivity index (χ2n) is 8.04. The molecule has 2 aromatic carbocycles. The summed E-state index contributed by atoms with van der Waals surface area (Å²) in [6.45, 7) is 1.20. The van der Waals surface area contributed by atoms with E-state index >= 15 is 0 Å². The van der Waals surface area contributed by atoms with Crippen LogP contribution in [-0.2, 0) is 24.3 Å². The number of imidazole rings is 1. The lowest BCUT2D eigenvalue weighted by molar-refractivity contribution is -0.274. The van der Waals surface area contributed by atoms with Crippen LogP contribution in [-0.4, -0.2) is 39.3 Å². The number of hydrogen-bond donors (Lipinski definition) is 1. The number of rotatable bonds is 6. The maximum Gasteiger partial charge on any atom is 0.573 e. The molecule has 0 fully saturated rings. The molecule has 4 rings (SSSR count). The van der Waals surface area contributed by atoms with Crippen LogP contribution in [0, 0.1) is 11.6 Å². The lowest BCUT2D eigenvalue weighted by atomic mass is 10.0. The molecule has 0 saturated heterocycles. The zero-order valence-electron chi connectivity index (χ0n) is 17.9. The van der Waals surface area contributed by atoms with Gasteiger partial charge in [0, 0.05) is 37.3 Å². The lowest BCUT2D eigenvalue weighted by Gasteiger charge is -2.28. The van der Waals surface area contributed by atoms with E-state index in [1.807, 2.05) is 4.57 Å². The first-order valence-electron chi connectivity index (χ1n) is 10.5. The van der Waals surface area contributed by atoms with E-state index in [1.54, 1.807) is 11.1 Å². The molecule has 1 unspecified atom stereocenters. The Balaban J connectivity index is 1.37. The first-order chi connectivity index (χ1) is 16.1. The molecule has 0 aliphatic carbocycles. The topological polar surface area (TPSA) is 73.4 Å². The summed E-state index contributed by atoms with van der Waals surface area (Å²) in [7, 11) is 0. The predicted molar refractivity (Wildman–Crippen MR) is 112 cm³/mol.